The summed E-state index contributed by atoms with van der Waals surface area (Å²) >= 11 is 0. The fraction of sp³-hybridized carbons (Fsp3) is 0.500. The van der Waals surface area contributed by atoms with Gasteiger partial charge in [-0.25, -0.2) is 18.4 Å². The van der Waals surface area contributed by atoms with Crippen LogP contribution >= 0.6 is 0 Å². The van der Waals surface area contributed by atoms with Gasteiger partial charge in [0.1, 0.15) is 4.90 Å². The maximum Gasteiger partial charge on any atom is 0.265 e. The van der Waals surface area contributed by atoms with Crippen LogP contribution in [0.15, 0.2) is 4.90 Å². The number of aromatic nitrogens is 4. The monoisotopic (exact) mass is 338 g/mol. The highest BCUT2D eigenvalue weighted by molar-refractivity contribution is 7.92. The van der Waals surface area contributed by atoms with E-state index in [1.807, 2.05) is 14.1 Å². The molecule has 0 aliphatic carbocycles. The lowest BCUT2D eigenvalue weighted by Gasteiger charge is -2.16. The number of anilines is 2. The summed E-state index contributed by atoms with van der Waals surface area (Å²) in [6.45, 7) is 6.90. The molecule has 8 nitrogen and oxygen atoms in total. The highest BCUT2D eigenvalue weighted by atomic mass is 32.2. The minimum atomic E-state index is -3.76. The van der Waals surface area contributed by atoms with Crippen molar-refractivity contribution in [1.82, 2.24) is 19.7 Å². The number of hydrogen-bond donors (Lipinski definition) is 1. The second kappa shape index (κ2) is 5.80. The Hall–Kier alpha value is -2.16. The second-order valence-electron chi connectivity index (χ2n) is 5.69. The molecule has 23 heavy (non-hydrogen) atoms. The van der Waals surface area contributed by atoms with Crippen molar-refractivity contribution < 1.29 is 8.42 Å². The standard InChI is InChI=1S/C14H22N6O2S/c1-8-12(9(2)16-14(15-8)19(5)6)18-23(21,22)13-10(3)17-20(7)11(13)4/h18H,1-7H3. The van der Waals surface area contributed by atoms with Gasteiger partial charge in [0.25, 0.3) is 10.0 Å². The van der Waals surface area contributed by atoms with Gasteiger partial charge in [0.15, 0.2) is 0 Å². The van der Waals surface area contributed by atoms with Gasteiger partial charge in [-0.1, -0.05) is 0 Å². The zero-order chi connectivity index (χ0) is 17.5. The summed E-state index contributed by atoms with van der Waals surface area (Å²) in [5, 5.41) is 4.16. The molecule has 2 rings (SSSR count). The van der Waals surface area contributed by atoms with Gasteiger partial charge in [-0.2, -0.15) is 5.10 Å². The molecule has 0 spiro atoms. The largest absolute Gasteiger partial charge is 0.347 e. The number of aryl methyl sites for hydroxylation is 4. The molecule has 0 bridgehead atoms. The molecule has 2 aromatic heterocycles. The Morgan fingerprint density at radius 2 is 1.52 bits per heavy atom. The van der Waals surface area contributed by atoms with Crippen LogP contribution in [-0.4, -0.2) is 42.3 Å². The van der Waals surface area contributed by atoms with Crippen molar-refractivity contribution >= 4 is 21.7 Å². The van der Waals surface area contributed by atoms with E-state index in [2.05, 4.69) is 19.8 Å². The van der Waals surface area contributed by atoms with Crippen LogP contribution in [0.4, 0.5) is 11.6 Å². The smallest absolute Gasteiger partial charge is 0.265 e. The Morgan fingerprint density at radius 1 is 1.00 bits per heavy atom. The van der Waals surface area contributed by atoms with Gasteiger partial charge < -0.3 is 4.90 Å². The van der Waals surface area contributed by atoms with Gasteiger partial charge in [0.2, 0.25) is 5.95 Å². The second-order valence-corrected chi connectivity index (χ2v) is 7.31. The number of nitrogens with zero attached hydrogens (tertiary/aromatic N) is 5. The summed E-state index contributed by atoms with van der Waals surface area (Å²) < 4.78 is 29.7. The summed E-state index contributed by atoms with van der Waals surface area (Å²) in [6, 6.07) is 0. The van der Waals surface area contributed by atoms with Crippen LogP contribution in [0.3, 0.4) is 0 Å². The first-order valence-corrected chi connectivity index (χ1v) is 8.58. The van der Waals surface area contributed by atoms with Crippen LogP contribution in [0.5, 0.6) is 0 Å². The molecule has 0 amide bonds. The Kier molecular flexibility index (Phi) is 4.34. The molecule has 0 saturated heterocycles. The first-order valence-electron chi connectivity index (χ1n) is 7.10. The molecular weight excluding hydrogens is 316 g/mol. The molecule has 0 radical (unpaired) electrons. The predicted molar refractivity (Wildman–Crippen MR) is 89.3 cm³/mol. The van der Waals surface area contributed by atoms with E-state index < -0.39 is 10.0 Å². The Morgan fingerprint density at radius 3 is 1.91 bits per heavy atom. The fourth-order valence-corrected chi connectivity index (χ4v) is 3.99. The van der Waals surface area contributed by atoms with Crippen molar-refractivity contribution in [3.63, 3.8) is 0 Å². The molecule has 0 aliphatic heterocycles. The van der Waals surface area contributed by atoms with Gasteiger partial charge in [0.05, 0.1) is 28.5 Å². The molecule has 0 aromatic carbocycles. The summed E-state index contributed by atoms with van der Waals surface area (Å²) in [5.41, 5.74) is 2.58. The first-order chi connectivity index (χ1) is 10.5. The summed E-state index contributed by atoms with van der Waals surface area (Å²) in [4.78, 5) is 10.6. The molecule has 2 heterocycles. The van der Waals surface area contributed by atoms with Crippen LogP contribution in [-0.2, 0) is 17.1 Å². The van der Waals surface area contributed by atoms with Crippen molar-refractivity contribution in [3.8, 4) is 0 Å². The van der Waals surface area contributed by atoms with Crippen LogP contribution in [0.2, 0.25) is 0 Å². The van der Waals surface area contributed by atoms with Crippen LogP contribution in [0.25, 0.3) is 0 Å². The first kappa shape index (κ1) is 17.2. The highest BCUT2D eigenvalue weighted by Gasteiger charge is 2.25. The Balaban J connectivity index is 2.50. The third-order valence-electron chi connectivity index (χ3n) is 3.61. The predicted octanol–water partition coefficient (Wildman–Crippen LogP) is 1.31. The third-order valence-corrected chi connectivity index (χ3v) is 5.21. The van der Waals surface area contributed by atoms with E-state index in [-0.39, 0.29) is 4.90 Å². The van der Waals surface area contributed by atoms with Crippen LogP contribution in [0, 0.1) is 27.7 Å². The van der Waals surface area contributed by atoms with Crippen molar-refractivity contribution in [2.24, 2.45) is 7.05 Å². The topological polar surface area (TPSA) is 93.0 Å². The molecular formula is C14H22N6O2S. The van der Waals surface area contributed by atoms with E-state index in [0.717, 1.165) is 0 Å². The molecule has 0 unspecified atom stereocenters. The SMILES string of the molecule is Cc1nc(N(C)C)nc(C)c1NS(=O)(=O)c1c(C)nn(C)c1C. The third kappa shape index (κ3) is 3.14. The number of sulfonamides is 1. The molecule has 0 atom stereocenters. The quantitative estimate of drug-likeness (QED) is 0.903. The zero-order valence-electron chi connectivity index (χ0n) is 14.5. The van der Waals surface area contributed by atoms with Crippen molar-refractivity contribution in [2.75, 3.05) is 23.7 Å². The molecule has 0 saturated carbocycles. The van der Waals surface area contributed by atoms with E-state index in [1.165, 1.54) is 0 Å². The van der Waals surface area contributed by atoms with E-state index in [0.29, 0.717) is 34.4 Å². The molecule has 9 heteroatoms. The van der Waals surface area contributed by atoms with E-state index in [9.17, 15) is 8.42 Å². The molecule has 126 valence electrons. The average molecular weight is 338 g/mol. The average Bonchev–Trinajstić information content (AvgIpc) is 2.67. The van der Waals surface area contributed by atoms with Crippen molar-refractivity contribution in [1.29, 1.82) is 0 Å². The van der Waals surface area contributed by atoms with E-state index >= 15 is 0 Å². The molecule has 0 fully saturated rings. The Bertz CT molecular complexity index is 831. The highest BCUT2D eigenvalue weighted by Crippen LogP contribution is 2.26. The van der Waals surface area contributed by atoms with E-state index in [4.69, 9.17) is 0 Å². The van der Waals surface area contributed by atoms with Crippen LogP contribution < -0.4 is 9.62 Å². The van der Waals surface area contributed by atoms with Crippen molar-refractivity contribution in [2.45, 2.75) is 32.6 Å². The number of rotatable bonds is 4. The molecule has 1 N–H and O–H groups in total. The minimum absolute atomic E-state index is 0.190. The van der Waals surface area contributed by atoms with Gasteiger partial charge in [-0.05, 0) is 27.7 Å². The van der Waals surface area contributed by atoms with Gasteiger partial charge in [0, 0.05) is 21.1 Å². The minimum Gasteiger partial charge on any atom is -0.347 e. The lowest BCUT2D eigenvalue weighted by Crippen LogP contribution is -2.19. The maximum atomic E-state index is 12.7. The molecule has 2 aromatic rings. The summed E-state index contributed by atoms with van der Waals surface area (Å²) in [6.07, 6.45) is 0. The van der Waals surface area contributed by atoms with Gasteiger partial charge >= 0.3 is 0 Å². The van der Waals surface area contributed by atoms with Gasteiger partial charge in [-0.15, -0.1) is 0 Å². The lowest BCUT2D eigenvalue weighted by atomic mass is 10.3. The number of hydrogen-bond acceptors (Lipinski definition) is 6. The van der Waals surface area contributed by atoms with Crippen LogP contribution in [0.1, 0.15) is 22.8 Å². The molecule has 0 aliphatic rings. The summed E-state index contributed by atoms with van der Waals surface area (Å²) in [7, 11) is 1.62. The van der Waals surface area contributed by atoms with Gasteiger partial charge in [-0.3, -0.25) is 9.40 Å². The normalized spacial score (nSPS) is 11.6. The maximum absolute atomic E-state index is 12.7. The number of nitrogens with one attached hydrogen (secondary N) is 1. The fourth-order valence-electron chi connectivity index (χ4n) is 2.37. The zero-order valence-corrected chi connectivity index (χ0v) is 15.3. The van der Waals surface area contributed by atoms with E-state index in [1.54, 1.807) is 44.3 Å². The summed E-state index contributed by atoms with van der Waals surface area (Å²) in [5.74, 6) is 0.539. The lowest BCUT2D eigenvalue weighted by molar-refractivity contribution is 0.599. The van der Waals surface area contributed by atoms with Crippen molar-refractivity contribution in [3.05, 3.63) is 22.8 Å². The Labute approximate surface area is 136 Å².